The highest BCUT2D eigenvalue weighted by atomic mass is 16.3. The van der Waals surface area contributed by atoms with Crippen LogP contribution in [0.1, 0.15) is 42.1 Å². The van der Waals surface area contributed by atoms with E-state index < -0.39 is 0 Å². The second kappa shape index (κ2) is 6.15. The number of nitrogens with one attached hydrogen (secondary N) is 1. The van der Waals surface area contributed by atoms with Gasteiger partial charge < -0.3 is 9.32 Å². The molecule has 5 nitrogen and oxygen atoms in total. The predicted molar refractivity (Wildman–Crippen MR) is 91.5 cm³/mol. The number of aromatic nitrogens is 2. The second-order valence-corrected chi connectivity index (χ2v) is 6.55. The maximum absolute atomic E-state index is 12.9. The van der Waals surface area contributed by atoms with E-state index >= 15 is 0 Å². The van der Waals surface area contributed by atoms with Crippen molar-refractivity contribution in [3.63, 3.8) is 0 Å². The molecule has 1 amide bonds. The Balaban J connectivity index is 1.57. The number of H-pyrrole nitrogens is 1. The Labute approximate surface area is 140 Å². The van der Waals surface area contributed by atoms with E-state index in [0.717, 1.165) is 53.6 Å². The van der Waals surface area contributed by atoms with Gasteiger partial charge >= 0.3 is 0 Å². The van der Waals surface area contributed by atoms with E-state index in [4.69, 9.17) is 4.42 Å². The van der Waals surface area contributed by atoms with Crippen molar-refractivity contribution in [2.75, 3.05) is 6.54 Å². The molecule has 1 saturated heterocycles. The molecular formula is C19H21N3O2. The SMILES string of the molecule is Cc1ccc2c(CC(=O)N3CCCCC3c3ccn[nH]3)coc2c1. The normalized spacial score (nSPS) is 18.2. The zero-order chi connectivity index (χ0) is 16.5. The van der Waals surface area contributed by atoms with Crippen molar-refractivity contribution in [3.8, 4) is 0 Å². The van der Waals surface area contributed by atoms with Crippen LogP contribution in [0.4, 0.5) is 0 Å². The number of fused-ring (bicyclic) bond motifs is 1. The summed E-state index contributed by atoms with van der Waals surface area (Å²) in [5.41, 5.74) is 3.99. The minimum Gasteiger partial charge on any atom is -0.464 e. The molecule has 0 bridgehead atoms. The number of piperidine rings is 1. The zero-order valence-corrected chi connectivity index (χ0v) is 13.8. The molecule has 1 N–H and O–H groups in total. The van der Waals surface area contributed by atoms with E-state index in [0.29, 0.717) is 6.42 Å². The van der Waals surface area contributed by atoms with E-state index in [1.807, 2.05) is 30.0 Å². The number of amides is 1. The van der Waals surface area contributed by atoms with E-state index in [1.54, 1.807) is 12.5 Å². The maximum Gasteiger partial charge on any atom is 0.227 e. The maximum atomic E-state index is 12.9. The molecule has 1 unspecified atom stereocenters. The minimum absolute atomic E-state index is 0.106. The summed E-state index contributed by atoms with van der Waals surface area (Å²) in [5.74, 6) is 0.151. The van der Waals surface area contributed by atoms with Crippen LogP contribution in [-0.4, -0.2) is 27.5 Å². The van der Waals surface area contributed by atoms with Crippen molar-refractivity contribution in [1.82, 2.24) is 15.1 Å². The van der Waals surface area contributed by atoms with Crippen LogP contribution in [-0.2, 0) is 11.2 Å². The summed E-state index contributed by atoms with van der Waals surface area (Å²) in [6, 6.07) is 8.18. The Morgan fingerprint density at radius 2 is 2.29 bits per heavy atom. The van der Waals surface area contributed by atoms with Crippen LogP contribution in [0.5, 0.6) is 0 Å². The van der Waals surface area contributed by atoms with Gasteiger partial charge in [-0.3, -0.25) is 9.89 Å². The number of carbonyl (C=O) groups is 1. The number of aromatic amines is 1. The molecule has 0 aliphatic carbocycles. The first kappa shape index (κ1) is 15.0. The third-order valence-corrected chi connectivity index (χ3v) is 4.86. The fraction of sp³-hybridized carbons (Fsp3) is 0.368. The molecule has 0 saturated carbocycles. The third kappa shape index (κ3) is 2.70. The number of hydrogen-bond donors (Lipinski definition) is 1. The number of likely N-dealkylation sites (tertiary alicyclic amines) is 1. The summed E-state index contributed by atoms with van der Waals surface area (Å²) in [7, 11) is 0. The van der Waals surface area contributed by atoms with Crippen molar-refractivity contribution >= 4 is 16.9 Å². The summed E-state index contributed by atoms with van der Waals surface area (Å²) in [4.78, 5) is 14.9. The summed E-state index contributed by atoms with van der Waals surface area (Å²) in [6.45, 7) is 2.84. The van der Waals surface area contributed by atoms with Gasteiger partial charge in [0.15, 0.2) is 0 Å². The van der Waals surface area contributed by atoms with Crippen molar-refractivity contribution in [1.29, 1.82) is 0 Å². The van der Waals surface area contributed by atoms with Gasteiger partial charge in [-0.2, -0.15) is 5.10 Å². The fourth-order valence-electron chi connectivity index (χ4n) is 3.60. The van der Waals surface area contributed by atoms with Crippen LogP contribution in [0.15, 0.2) is 41.1 Å². The molecule has 4 rings (SSSR count). The van der Waals surface area contributed by atoms with E-state index in [9.17, 15) is 4.79 Å². The molecular weight excluding hydrogens is 302 g/mol. The van der Waals surface area contributed by atoms with Gasteiger partial charge in [-0.25, -0.2) is 0 Å². The monoisotopic (exact) mass is 323 g/mol. The predicted octanol–water partition coefficient (Wildman–Crippen LogP) is 3.76. The molecule has 3 heterocycles. The molecule has 2 aromatic heterocycles. The summed E-state index contributed by atoms with van der Waals surface area (Å²) >= 11 is 0. The Kier molecular flexibility index (Phi) is 3.84. The quantitative estimate of drug-likeness (QED) is 0.798. The standard InChI is InChI=1S/C19H21N3O2/c1-13-5-6-15-14(12-24-18(15)10-13)11-19(23)22-9-3-2-4-17(22)16-7-8-20-21-16/h5-8,10,12,17H,2-4,9,11H2,1H3,(H,20,21). The molecule has 1 fully saturated rings. The lowest BCUT2D eigenvalue weighted by atomic mass is 9.98. The summed E-state index contributed by atoms with van der Waals surface area (Å²) in [6.07, 6.45) is 7.03. The molecule has 0 radical (unpaired) electrons. The smallest absolute Gasteiger partial charge is 0.227 e. The van der Waals surface area contributed by atoms with Gasteiger partial charge in [-0.05, 0) is 43.9 Å². The molecule has 1 aromatic carbocycles. The topological polar surface area (TPSA) is 62.1 Å². The molecule has 0 spiro atoms. The first-order valence-corrected chi connectivity index (χ1v) is 8.48. The lowest BCUT2D eigenvalue weighted by Gasteiger charge is -2.35. The lowest BCUT2D eigenvalue weighted by Crippen LogP contribution is -2.39. The van der Waals surface area contributed by atoms with Crippen LogP contribution >= 0.6 is 0 Å². The number of rotatable bonds is 3. The first-order valence-electron chi connectivity index (χ1n) is 8.48. The average Bonchev–Trinajstić information content (AvgIpc) is 3.25. The molecule has 3 aromatic rings. The van der Waals surface area contributed by atoms with Crippen molar-refractivity contribution < 1.29 is 9.21 Å². The molecule has 24 heavy (non-hydrogen) atoms. The van der Waals surface area contributed by atoms with Gasteiger partial charge in [0.25, 0.3) is 0 Å². The van der Waals surface area contributed by atoms with Crippen LogP contribution in [0.3, 0.4) is 0 Å². The number of hydrogen-bond acceptors (Lipinski definition) is 3. The number of carbonyl (C=O) groups excluding carboxylic acids is 1. The number of furan rings is 1. The molecule has 1 aliphatic heterocycles. The van der Waals surface area contributed by atoms with Crippen LogP contribution in [0.25, 0.3) is 11.0 Å². The highest BCUT2D eigenvalue weighted by molar-refractivity contribution is 5.88. The zero-order valence-electron chi connectivity index (χ0n) is 13.8. The number of benzene rings is 1. The second-order valence-electron chi connectivity index (χ2n) is 6.55. The summed E-state index contributed by atoms with van der Waals surface area (Å²) in [5, 5.41) is 8.09. The van der Waals surface area contributed by atoms with Crippen LogP contribution in [0, 0.1) is 6.92 Å². The van der Waals surface area contributed by atoms with Crippen molar-refractivity contribution in [2.45, 2.75) is 38.6 Å². The Morgan fingerprint density at radius 1 is 1.38 bits per heavy atom. The van der Waals surface area contributed by atoms with Gasteiger partial charge in [0.1, 0.15) is 5.58 Å². The largest absolute Gasteiger partial charge is 0.464 e. The van der Waals surface area contributed by atoms with Gasteiger partial charge in [0.2, 0.25) is 5.91 Å². The van der Waals surface area contributed by atoms with Gasteiger partial charge in [-0.1, -0.05) is 12.1 Å². The Hall–Kier alpha value is -2.56. The van der Waals surface area contributed by atoms with Crippen molar-refractivity contribution in [2.24, 2.45) is 0 Å². The Morgan fingerprint density at radius 3 is 3.12 bits per heavy atom. The molecule has 5 heteroatoms. The van der Waals surface area contributed by atoms with Crippen LogP contribution < -0.4 is 0 Å². The number of nitrogens with zero attached hydrogens (tertiary/aromatic N) is 2. The Bertz CT molecular complexity index is 851. The van der Waals surface area contributed by atoms with Crippen molar-refractivity contribution in [3.05, 3.63) is 53.5 Å². The number of aryl methyl sites for hydroxylation is 1. The fourth-order valence-corrected chi connectivity index (χ4v) is 3.60. The van der Waals surface area contributed by atoms with E-state index in [1.165, 1.54) is 0 Å². The van der Waals surface area contributed by atoms with Gasteiger partial charge in [0.05, 0.1) is 24.4 Å². The van der Waals surface area contributed by atoms with E-state index in [-0.39, 0.29) is 11.9 Å². The molecule has 124 valence electrons. The third-order valence-electron chi connectivity index (χ3n) is 4.86. The average molecular weight is 323 g/mol. The molecule has 1 aliphatic rings. The molecule has 1 atom stereocenters. The minimum atomic E-state index is 0.106. The first-order chi connectivity index (χ1) is 11.7. The van der Waals surface area contributed by atoms with Gasteiger partial charge in [-0.15, -0.1) is 0 Å². The highest BCUT2D eigenvalue weighted by Gasteiger charge is 2.29. The van der Waals surface area contributed by atoms with E-state index in [2.05, 4.69) is 16.3 Å². The van der Waals surface area contributed by atoms with Gasteiger partial charge in [0, 0.05) is 23.7 Å². The van der Waals surface area contributed by atoms with Crippen LogP contribution in [0.2, 0.25) is 0 Å². The highest BCUT2D eigenvalue weighted by Crippen LogP contribution is 2.31. The lowest BCUT2D eigenvalue weighted by molar-refractivity contribution is -0.134. The summed E-state index contributed by atoms with van der Waals surface area (Å²) < 4.78 is 5.63.